The van der Waals surface area contributed by atoms with E-state index in [4.69, 9.17) is 15.2 Å². The van der Waals surface area contributed by atoms with E-state index in [-0.39, 0.29) is 0 Å². The summed E-state index contributed by atoms with van der Waals surface area (Å²) in [5, 5.41) is 0. The number of hydrogen-bond donors (Lipinski definition) is 1. The van der Waals surface area contributed by atoms with Gasteiger partial charge in [-0.3, -0.25) is 0 Å². The molecule has 6 heteroatoms. The minimum Gasteiger partial charge on any atom is -0.492 e. The maximum atomic E-state index is 13.4. The topological polar surface area (TPSA) is 61.6 Å². The highest BCUT2D eigenvalue weighted by molar-refractivity contribution is 5.68. The predicted molar refractivity (Wildman–Crippen MR) is 84.5 cm³/mol. The summed E-state index contributed by atoms with van der Waals surface area (Å²) >= 11 is 0. The monoisotopic (exact) mass is 333 g/mol. The molecular formula is C18H17F2NO3. The second-order valence-electron chi connectivity index (χ2n) is 6.50. The van der Waals surface area contributed by atoms with E-state index in [0.717, 1.165) is 6.07 Å². The van der Waals surface area contributed by atoms with Crippen molar-refractivity contribution >= 4 is 6.09 Å². The second-order valence-corrected chi connectivity index (χ2v) is 6.50. The fraction of sp³-hybridized carbons (Fsp3) is 0.278. The Morgan fingerprint density at radius 1 is 1.17 bits per heavy atom. The molecule has 24 heavy (non-hydrogen) atoms. The molecule has 1 atom stereocenters. The van der Waals surface area contributed by atoms with Crippen molar-refractivity contribution in [3.8, 4) is 16.9 Å². The van der Waals surface area contributed by atoms with E-state index in [1.54, 1.807) is 18.2 Å². The van der Waals surface area contributed by atoms with Crippen LogP contribution in [-0.2, 0) is 4.74 Å². The van der Waals surface area contributed by atoms with Gasteiger partial charge >= 0.3 is 6.09 Å². The Morgan fingerprint density at radius 2 is 1.83 bits per heavy atom. The molecule has 2 aromatic rings. The van der Waals surface area contributed by atoms with Crippen molar-refractivity contribution in [1.82, 2.24) is 0 Å². The molecule has 3 rings (SSSR count). The third-order valence-corrected chi connectivity index (χ3v) is 4.04. The molecule has 0 aromatic heterocycles. The van der Waals surface area contributed by atoms with Crippen molar-refractivity contribution < 1.29 is 23.0 Å². The van der Waals surface area contributed by atoms with Crippen molar-refractivity contribution in [3.05, 3.63) is 53.6 Å². The molecule has 1 aliphatic rings. The summed E-state index contributed by atoms with van der Waals surface area (Å²) in [7, 11) is 0. The van der Waals surface area contributed by atoms with Gasteiger partial charge in [-0.15, -0.1) is 0 Å². The lowest BCUT2D eigenvalue weighted by Crippen LogP contribution is -2.37. The molecule has 1 heterocycles. The van der Waals surface area contributed by atoms with Gasteiger partial charge in [-0.1, -0.05) is 26.0 Å². The fourth-order valence-electron chi connectivity index (χ4n) is 2.88. The number of fused-ring (bicyclic) bond motifs is 1. The van der Waals surface area contributed by atoms with Gasteiger partial charge in [-0.05, 0) is 29.3 Å². The van der Waals surface area contributed by atoms with Crippen LogP contribution < -0.4 is 10.5 Å². The van der Waals surface area contributed by atoms with Gasteiger partial charge in [0.15, 0.2) is 0 Å². The number of halogens is 2. The lowest BCUT2D eigenvalue weighted by Gasteiger charge is -2.38. The second kappa shape index (κ2) is 5.78. The van der Waals surface area contributed by atoms with E-state index < -0.39 is 29.2 Å². The Balaban J connectivity index is 2.04. The lowest BCUT2D eigenvalue weighted by molar-refractivity contribution is -0.0176. The predicted octanol–water partition coefficient (Wildman–Crippen LogP) is 4.19. The smallest absolute Gasteiger partial charge is 0.405 e. The summed E-state index contributed by atoms with van der Waals surface area (Å²) in [6.07, 6.45) is -1.42. The highest BCUT2D eigenvalue weighted by atomic mass is 19.1. The Labute approximate surface area is 138 Å². The third-order valence-electron chi connectivity index (χ3n) is 4.04. The Hall–Kier alpha value is -2.63. The van der Waals surface area contributed by atoms with Gasteiger partial charge in [0.2, 0.25) is 0 Å². The van der Waals surface area contributed by atoms with Gasteiger partial charge in [0, 0.05) is 17.0 Å². The van der Waals surface area contributed by atoms with Crippen LogP contribution in [0.5, 0.6) is 5.75 Å². The number of hydrogen-bond acceptors (Lipinski definition) is 3. The minimum atomic E-state index is -0.864. The number of amides is 1. The molecule has 0 bridgehead atoms. The quantitative estimate of drug-likeness (QED) is 0.896. The number of primary amides is 1. The van der Waals surface area contributed by atoms with Crippen LogP contribution in [0.3, 0.4) is 0 Å². The average molecular weight is 333 g/mol. The van der Waals surface area contributed by atoms with Crippen LogP contribution >= 0.6 is 0 Å². The first kappa shape index (κ1) is 16.2. The van der Waals surface area contributed by atoms with Crippen LogP contribution in [0.1, 0.15) is 25.5 Å². The molecule has 0 aliphatic carbocycles. The standard InChI is InChI=1S/C18H17F2NO3/c1-18(2)9-23-15-7-10(11-5-12(19)8-13(20)6-11)3-4-14(15)16(18)24-17(21)22/h3-8,16H,9H2,1-2H3,(H2,21,22). The average Bonchev–Trinajstić information content (AvgIpc) is 2.48. The van der Waals surface area contributed by atoms with Crippen molar-refractivity contribution in [2.24, 2.45) is 11.1 Å². The zero-order valence-electron chi connectivity index (χ0n) is 13.3. The van der Waals surface area contributed by atoms with E-state index in [1.807, 2.05) is 13.8 Å². The Morgan fingerprint density at radius 3 is 2.46 bits per heavy atom. The first-order valence-corrected chi connectivity index (χ1v) is 7.45. The molecule has 0 fully saturated rings. The van der Waals surface area contributed by atoms with Crippen molar-refractivity contribution in [2.45, 2.75) is 20.0 Å². The van der Waals surface area contributed by atoms with Gasteiger partial charge in [-0.2, -0.15) is 0 Å². The number of carbonyl (C=O) groups excluding carboxylic acids is 1. The molecule has 4 nitrogen and oxygen atoms in total. The largest absolute Gasteiger partial charge is 0.492 e. The molecule has 2 aromatic carbocycles. The van der Waals surface area contributed by atoms with Crippen LogP contribution in [-0.4, -0.2) is 12.7 Å². The highest BCUT2D eigenvalue weighted by Gasteiger charge is 2.40. The molecule has 0 radical (unpaired) electrons. The summed E-state index contributed by atoms with van der Waals surface area (Å²) in [4.78, 5) is 11.2. The zero-order valence-corrected chi connectivity index (χ0v) is 13.3. The summed E-state index contributed by atoms with van der Waals surface area (Å²) < 4.78 is 37.8. The van der Waals surface area contributed by atoms with Crippen LogP contribution in [0.25, 0.3) is 11.1 Å². The fourth-order valence-corrected chi connectivity index (χ4v) is 2.88. The van der Waals surface area contributed by atoms with Gasteiger partial charge in [0.05, 0.1) is 6.61 Å². The van der Waals surface area contributed by atoms with E-state index in [9.17, 15) is 13.6 Å². The van der Waals surface area contributed by atoms with Gasteiger partial charge < -0.3 is 15.2 Å². The first-order valence-electron chi connectivity index (χ1n) is 7.45. The van der Waals surface area contributed by atoms with Crippen LogP contribution in [0, 0.1) is 17.0 Å². The molecule has 1 aliphatic heterocycles. The van der Waals surface area contributed by atoms with Crippen LogP contribution in [0.2, 0.25) is 0 Å². The summed E-state index contributed by atoms with van der Waals surface area (Å²) in [6, 6.07) is 8.41. The molecule has 1 amide bonds. The first-order chi connectivity index (χ1) is 11.3. The molecule has 0 saturated carbocycles. The van der Waals surface area contributed by atoms with E-state index in [0.29, 0.717) is 29.0 Å². The lowest BCUT2D eigenvalue weighted by atomic mass is 9.80. The van der Waals surface area contributed by atoms with Crippen molar-refractivity contribution in [2.75, 3.05) is 6.61 Å². The van der Waals surface area contributed by atoms with Gasteiger partial charge in [0.1, 0.15) is 23.5 Å². The number of nitrogens with two attached hydrogens (primary N) is 1. The summed E-state index contributed by atoms with van der Waals surface area (Å²) in [6.45, 7) is 4.12. The van der Waals surface area contributed by atoms with Crippen molar-refractivity contribution in [3.63, 3.8) is 0 Å². The number of benzene rings is 2. The molecule has 1 unspecified atom stereocenters. The van der Waals surface area contributed by atoms with Crippen LogP contribution in [0.15, 0.2) is 36.4 Å². The highest BCUT2D eigenvalue weighted by Crippen LogP contribution is 2.46. The third kappa shape index (κ3) is 3.04. The molecule has 0 saturated heterocycles. The molecule has 0 spiro atoms. The summed E-state index contributed by atoms with van der Waals surface area (Å²) in [5.41, 5.74) is 6.39. The molecule has 2 N–H and O–H groups in total. The number of carbonyl (C=O) groups is 1. The van der Waals surface area contributed by atoms with E-state index >= 15 is 0 Å². The van der Waals surface area contributed by atoms with Crippen LogP contribution in [0.4, 0.5) is 13.6 Å². The number of ether oxygens (including phenoxy) is 2. The maximum Gasteiger partial charge on any atom is 0.405 e. The summed E-state index contributed by atoms with van der Waals surface area (Å²) in [5.74, 6) is -0.804. The van der Waals surface area contributed by atoms with Gasteiger partial charge in [-0.25, -0.2) is 13.6 Å². The number of rotatable bonds is 2. The molecule has 126 valence electrons. The van der Waals surface area contributed by atoms with E-state index in [1.165, 1.54) is 12.1 Å². The SMILES string of the molecule is CC1(C)COc2cc(-c3cc(F)cc(F)c3)ccc2C1OC(N)=O. The van der Waals surface area contributed by atoms with E-state index in [2.05, 4.69) is 0 Å². The van der Waals surface area contributed by atoms with Gasteiger partial charge in [0.25, 0.3) is 0 Å². The minimum absolute atomic E-state index is 0.318. The zero-order chi connectivity index (χ0) is 17.5. The van der Waals surface area contributed by atoms with Crippen molar-refractivity contribution in [1.29, 1.82) is 0 Å². The molecular weight excluding hydrogens is 316 g/mol. The normalized spacial score (nSPS) is 18.4. The Bertz CT molecular complexity index is 785. The Kier molecular flexibility index (Phi) is 3.91. The maximum absolute atomic E-state index is 13.4.